The van der Waals surface area contributed by atoms with Crippen LogP contribution in [0.3, 0.4) is 0 Å². The zero-order valence-corrected chi connectivity index (χ0v) is 19.3. The first-order chi connectivity index (χ1) is 16.0. The van der Waals surface area contributed by atoms with Crippen LogP contribution in [0.25, 0.3) is 10.8 Å². The van der Waals surface area contributed by atoms with Gasteiger partial charge < -0.3 is 15.2 Å². The summed E-state index contributed by atoms with van der Waals surface area (Å²) in [5, 5.41) is 14.5. The number of carboxylic acids is 1. The van der Waals surface area contributed by atoms with Gasteiger partial charge in [0.1, 0.15) is 12.4 Å². The summed E-state index contributed by atoms with van der Waals surface area (Å²) in [5.74, 6) is -0.508. The SMILES string of the molecule is CC(CCCC=C(COc1ccc2ccccc2c1)C(=O)NC1CCN(C2CC2)C1)C(=O)O. The number of rotatable bonds is 11. The molecule has 2 atom stereocenters. The second-order valence-electron chi connectivity index (χ2n) is 9.38. The summed E-state index contributed by atoms with van der Waals surface area (Å²) >= 11 is 0. The number of ether oxygens (including phenoxy) is 1. The van der Waals surface area contributed by atoms with Crippen LogP contribution in [0.4, 0.5) is 0 Å². The lowest BCUT2D eigenvalue weighted by Gasteiger charge is -2.17. The Labute approximate surface area is 195 Å². The highest BCUT2D eigenvalue weighted by Crippen LogP contribution is 2.30. The topological polar surface area (TPSA) is 78.9 Å². The van der Waals surface area contributed by atoms with E-state index in [1.54, 1.807) is 6.92 Å². The maximum Gasteiger partial charge on any atom is 0.306 e. The number of benzene rings is 2. The normalized spacial score (nSPS) is 20.0. The number of likely N-dealkylation sites (tertiary alicyclic amines) is 1. The average molecular weight is 451 g/mol. The maximum atomic E-state index is 13.1. The summed E-state index contributed by atoms with van der Waals surface area (Å²) in [6, 6.07) is 14.9. The Morgan fingerprint density at radius 3 is 2.73 bits per heavy atom. The van der Waals surface area contributed by atoms with Crippen molar-refractivity contribution >= 4 is 22.6 Å². The molecule has 2 unspecified atom stereocenters. The second kappa shape index (κ2) is 10.8. The Kier molecular flexibility index (Phi) is 7.65. The number of carboxylic acid groups (broad SMARTS) is 1. The first kappa shape index (κ1) is 23.3. The minimum absolute atomic E-state index is 0.0790. The summed E-state index contributed by atoms with van der Waals surface area (Å²) in [5.41, 5.74) is 0.607. The highest BCUT2D eigenvalue weighted by atomic mass is 16.5. The summed E-state index contributed by atoms with van der Waals surface area (Å²) in [6.45, 7) is 3.88. The number of hydrogen-bond donors (Lipinski definition) is 2. The number of amides is 1. The lowest BCUT2D eigenvalue weighted by molar-refractivity contribution is -0.141. The molecule has 2 N–H and O–H groups in total. The molecule has 4 rings (SSSR count). The predicted octanol–water partition coefficient (Wildman–Crippen LogP) is 4.39. The molecular formula is C27H34N2O4. The van der Waals surface area contributed by atoms with Crippen molar-refractivity contribution in [2.24, 2.45) is 5.92 Å². The number of carbonyl (C=O) groups is 2. The number of nitrogens with zero attached hydrogens (tertiary/aromatic N) is 1. The molecule has 6 nitrogen and oxygen atoms in total. The number of nitrogens with one attached hydrogen (secondary N) is 1. The molecule has 6 heteroatoms. The molecule has 33 heavy (non-hydrogen) atoms. The summed E-state index contributed by atoms with van der Waals surface area (Å²) in [4.78, 5) is 26.6. The van der Waals surface area contributed by atoms with Crippen LogP contribution in [0.1, 0.15) is 45.4 Å². The molecular weight excluding hydrogens is 416 g/mol. The number of hydrogen-bond acceptors (Lipinski definition) is 4. The van der Waals surface area contributed by atoms with Crippen LogP contribution in [-0.4, -0.2) is 53.7 Å². The third kappa shape index (κ3) is 6.57. The van der Waals surface area contributed by atoms with Crippen molar-refractivity contribution in [2.45, 2.75) is 57.5 Å². The molecule has 2 aromatic carbocycles. The van der Waals surface area contributed by atoms with Crippen LogP contribution < -0.4 is 10.1 Å². The second-order valence-corrected chi connectivity index (χ2v) is 9.38. The van der Waals surface area contributed by atoms with Gasteiger partial charge >= 0.3 is 5.97 Å². The van der Waals surface area contributed by atoms with Gasteiger partial charge in [-0.3, -0.25) is 14.5 Å². The Balaban J connectivity index is 1.37. The van der Waals surface area contributed by atoms with Crippen molar-refractivity contribution in [1.29, 1.82) is 0 Å². The highest BCUT2D eigenvalue weighted by molar-refractivity contribution is 5.94. The van der Waals surface area contributed by atoms with Gasteiger partial charge in [-0.2, -0.15) is 0 Å². The minimum atomic E-state index is -0.780. The number of unbranched alkanes of at least 4 members (excludes halogenated alkanes) is 1. The summed E-state index contributed by atoms with van der Waals surface area (Å²) < 4.78 is 6.01. The summed E-state index contributed by atoms with van der Waals surface area (Å²) in [7, 11) is 0. The van der Waals surface area contributed by atoms with Crippen LogP contribution in [0.15, 0.2) is 54.1 Å². The molecule has 1 heterocycles. The van der Waals surface area contributed by atoms with Crippen LogP contribution in [0, 0.1) is 5.92 Å². The molecule has 0 spiro atoms. The van der Waals surface area contributed by atoms with E-state index in [4.69, 9.17) is 9.84 Å². The van der Waals surface area contributed by atoms with Gasteiger partial charge in [0.05, 0.1) is 11.5 Å². The van der Waals surface area contributed by atoms with E-state index in [1.165, 1.54) is 12.8 Å². The first-order valence-electron chi connectivity index (χ1n) is 12.1. The van der Waals surface area contributed by atoms with Crippen molar-refractivity contribution in [3.05, 3.63) is 54.1 Å². The minimum Gasteiger partial charge on any atom is -0.489 e. The first-order valence-corrected chi connectivity index (χ1v) is 12.1. The van der Waals surface area contributed by atoms with E-state index in [0.717, 1.165) is 48.5 Å². The quantitative estimate of drug-likeness (QED) is 0.392. The van der Waals surface area contributed by atoms with E-state index in [2.05, 4.69) is 16.3 Å². The Hall–Kier alpha value is -2.86. The van der Waals surface area contributed by atoms with Crippen LogP contribution in [0.2, 0.25) is 0 Å². The van der Waals surface area contributed by atoms with Gasteiger partial charge in [0, 0.05) is 25.2 Å². The standard InChI is InChI=1S/C27H34N2O4/c1-19(27(31)32)6-2-3-9-22(26(30)28-23-14-15-29(17-23)24-11-12-24)18-33-25-13-10-20-7-4-5-8-21(20)16-25/h4-5,7-10,13,16,19,23-24H,2-3,6,11-12,14-15,17-18H2,1H3,(H,28,30)(H,31,32). The lowest BCUT2D eigenvalue weighted by Crippen LogP contribution is -2.39. The van der Waals surface area contributed by atoms with Crippen molar-refractivity contribution in [3.63, 3.8) is 0 Å². The fourth-order valence-corrected chi connectivity index (χ4v) is 4.41. The smallest absolute Gasteiger partial charge is 0.306 e. The zero-order valence-electron chi connectivity index (χ0n) is 19.3. The van der Waals surface area contributed by atoms with E-state index in [0.29, 0.717) is 18.4 Å². The molecule has 1 aliphatic carbocycles. The predicted molar refractivity (Wildman–Crippen MR) is 129 cm³/mol. The Morgan fingerprint density at radius 2 is 1.97 bits per heavy atom. The van der Waals surface area contributed by atoms with Gasteiger partial charge in [-0.25, -0.2) is 0 Å². The van der Waals surface area contributed by atoms with Gasteiger partial charge in [0.25, 0.3) is 5.91 Å². The monoisotopic (exact) mass is 450 g/mol. The number of carbonyl (C=O) groups excluding carboxylic acids is 1. The molecule has 176 valence electrons. The van der Waals surface area contributed by atoms with E-state index < -0.39 is 5.97 Å². The fourth-order valence-electron chi connectivity index (χ4n) is 4.41. The molecule has 0 aromatic heterocycles. The third-order valence-corrected chi connectivity index (χ3v) is 6.68. The fraction of sp³-hybridized carbons (Fsp3) is 0.481. The van der Waals surface area contributed by atoms with E-state index in [9.17, 15) is 9.59 Å². The summed E-state index contributed by atoms with van der Waals surface area (Å²) in [6.07, 6.45) is 7.42. The van der Waals surface area contributed by atoms with E-state index in [1.807, 2.05) is 42.5 Å². The number of aliphatic carboxylic acids is 1. The lowest BCUT2D eigenvalue weighted by atomic mass is 10.0. The molecule has 1 saturated heterocycles. The van der Waals surface area contributed by atoms with Gasteiger partial charge in [0.15, 0.2) is 0 Å². The molecule has 2 aliphatic rings. The number of allylic oxidation sites excluding steroid dienone is 1. The molecule has 2 aromatic rings. The highest BCUT2D eigenvalue weighted by Gasteiger charge is 2.35. The van der Waals surface area contributed by atoms with Gasteiger partial charge in [-0.05, 0) is 61.4 Å². The van der Waals surface area contributed by atoms with Crippen LogP contribution >= 0.6 is 0 Å². The molecule has 0 bridgehead atoms. The Bertz CT molecular complexity index is 1010. The van der Waals surface area contributed by atoms with Crippen molar-refractivity contribution < 1.29 is 19.4 Å². The maximum absolute atomic E-state index is 13.1. The average Bonchev–Trinajstić information content (AvgIpc) is 3.57. The Morgan fingerprint density at radius 1 is 1.18 bits per heavy atom. The molecule has 2 fully saturated rings. The molecule has 1 saturated carbocycles. The van der Waals surface area contributed by atoms with Crippen molar-refractivity contribution in [2.75, 3.05) is 19.7 Å². The van der Waals surface area contributed by atoms with Gasteiger partial charge in [-0.1, -0.05) is 43.3 Å². The van der Waals surface area contributed by atoms with Crippen LogP contribution in [0.5, 0.6) is 5.75 Å². The molecule has 0 radical (unpaired) electrons. The van der Waals surface area contributed by atoms with Crippen molar-refractivity contribution in [1.82, 2.24) is 10.2 Å². The zero-order chi connectivity index (χ0) is 23.2. The van der Waals surface area contributed by atoms with Crippen LogP contribution in [-0.2, 0) is 9.59 Å². The largest absolute Gasteiger partial charge is 0.489 e. The third-order valence-electron chi connectivity index (χ3n) is 6.68. The molecule has 1 amide bonds. The van der Waals surface area contributed by atoms with Crippen molar-refractivity contribution in [3.8, 4) is 5.75 Å². The van der Waals surface area contributed by atoms with E-state index in [-0.39, 0.29) is 24.5 Å². The van der Waals surface area contributed by atoms with Gasteiger partial charge in [0.2, 0.25) is 0 Å². The molecule has 1 aliphatic heterocycles. The van der Waals surface area contributed by atoms with Gasteiger partial charge in [-0.15, -0.1) is 0 Å². The number of fused-ring (bicyclic) bond motifs is 1. The van der Waals surface area contributed by atoms with E-state index >= 15 is 0 Å².